The van der Waals surface area contributed by atoms with Crippen LogP contribution in [0.3, 0.4) is 0 Å². The van der Waals surface area contributed by atoms with Crippen molar-refractivity contribution in [3.63, 3.8) is 0 Å². The first-order valence-corrected chi connectivity index (χ1v) is 8.80. The maximum atomic E-state index is 11.8. The Balaban J connectivity index is 2.00. The van der Waals surface area contributed by atoms with E-state index in [4.69, 9.17) is 4.74 Å². The van der Waals surface area contributed by atoms with Gasteiger partial charge in [0.05, 0.1) is 10.7 Å². The second-order valence-corrected chi connectivity index (χ2v) is 6.85. The molecule has 0 radical (unpaired) electrons. The van der Waals surface area contributed by atoms with Crippen LogP contribution in [0.25, 0.3) is 0 Å². The first-order chi connectivity index (χ1) is 11.8. The molecule has 0 aliphatic carbocycles. The zero-order chi connectivity index (χ0) is 18.6. The van der Waals surface area contributed by atoms with Crippen molar-refractivity contribution in [1.82, 2.24) is 5.43 Å². The molecule has 0 saturated heterocycles. The van der Waals surface area contributed by atoms with Crippen LogP contribution in [-0.4, -0.2) is 28.9 Å². The summed E-state index contributed by atoms with van der Waals surface area (Å²) >= 11 is 6.33. The molecule has 0 aliphatic rings. The minimum absolute atomic E-state index is 0.109. The largest absolute Gasteiger partial charge is 0.506 e. The van der Waals surface area contributed by atoms with Crippen molar-refractivity contribution in [3.05, 3.63) is 49.9 Å². The number of aromatic hydroxyl groups is 2. The summed E-state index contributed by atoms with van der Waals surface area (Å²) in [5.41, 5.74) is 4.29. The summed E-state index contributed by atoms with van der Waals surface area (Å²) in [6.45, 7) is 3.44. The van der Waals surface area contributed by atoms with Gasteiger partial charge in [-0.15, -0.1) is 0 Å². The van der Waals surface area contributed by atoms with Crippen LogP contribution in [0.4, 0.5) is 0 Å². The SMILES string of the molecule is Cc1cccc(OCC(=O)N/N=C\c2c(C)c(Br)c(O)c(Br)c2O)c1. The first-order valence-electron chi connectivity index (χ1n) is 7.22. The summed E-state index contributed by atoms with van der Waals surface area (Å²) in [5, 5.41) is 23.7. The van der Waals surface area contributed by atoms with Crippen LogP contribution in [0, 0.1) is 13.8 Å². The highest BCUT2D eigenvalue weighted by atomic mass is 79.9. The second-order valence-electron chi connectivity index (χ2n) is 5.26. The number of phenols is 2. The number of benzene rings is 2. The van der Waals surface area contributed by atoms with Crippen molar-refractivity contribution < 1.29 is 19.7 Å². The number of aryl methyl sites for hydroxylation is 1. The van der Waals surface area contributed by atoms with E-state index in [0.717, 1.165) is 5.56 Å². The Morgan fingerprint density at radius 2 is 1.96 bits per heavy atom. The summed E-state index contributed by atoms with van der Waals surface area (Å²) in [6, 6.07) is 7.35. The fourth-order valence-electron chi connectivity index (χ4n) is 2.01. The van der Waals surface area contributed by atoms with Gasteiger partial charge in [0, 0.05) is 5.56 Å². The number of hydrogen-bond acceptors (Lipinski definition) is 5. The molecule has 0 fully saturated rings. The van der Waals surface area contributed by atoms with E-state index in [-0.39, 0.29) is 22.6 Å². The summed E-state index contributed by atoms with van der Waals surface area (Å²) in [7, 11) is 0. The molecule has 132 valence electrons. The van der Waals surface area contributed by atoms with Gasteiger partial charge in [0.15, 0.2) is 6.61 Å². The molecule has 0 saturated carbocycles. The lowest BCUT2D eigenvalue weighted by Gasteiger charge is -2.11. The van der Waals surface area contributed by atoms with Gasteiger partial charge in [-0.25, -0.2) is 5.43 Å². The topological polar surface area (TPSA) is 91.2 Å². The molecule has 2 aromatic carbocycles. The molecule has 0 aliphatic heterocycles. The van der Waals surface area contributed by atoms with E-state index in [1.165, 1.54) is 6.21 Å². The standard InChI is InChI=1S/C17H16Br2N2O4/c1-9-4-3-5-11(6-9)25-8-13(22)21-20-7-12-10(2)14(18)17(24)15(19)16(12)23/h3-7,23-24H,8H2,1-2H3,(H,21,22)/b20-7-. The molecule has 0 aromatic heterocycles. The zero-order valence-electron chi connectivity index (χ0n) is 13.5. The van der Waals surface area contributed by atoms with Gasteiger partial charge >= 0.3 is 0 Å². The lowest BCUT2D eigenvalue weighted by atomic mass is 10.1. The zero-order valence-corrected chi connectivity index (χ0v) is 16.7. The highest BCUT2D eigenvalue weighted by Crippen LogP contribution is 2.43. The number of halogens is 2. The molecular weight excluding hydrogens is 456 g/mol. The number of hydrazone groups is 1. The van der Waals surface area contributed by atoms with Gasteiger partial charge in [-0.2, -0.15) is 5.10 Å². The number of nitrogens with one attached hydrogen (secondary N) is 1. The second kappa shape index (κ2) is 8.35. The van der Waals surface area contributed by atoms with Gasteiger partial charge < -0.3 is 14.9 Å². The number of ether oxygens (including phenoxy) is 1. The Hall–Kier alpha value is -2.06. The Morgan fingerprint density at radius 1 is 1.24 bits per heavy atom. The van der Waals surface area contributed by atoms with Crippen molar-refractivity contribution in [2.75, 3.05) is 6.61 Å². The lowest BCUT2D eigenvalue weighted by Crippen LogP contribution is -2.24. The Kier molecular flexibility index (Phi) is 6.44. The van der Waals surface area contributed by atoms with Crippen LogP contribution in [0.1, 0.15) is 16.7 Å². The quantitative estimate of drug-likeness (QED) is 0.457. The number of carbonyl (C=O) groups is 1. The van der Waals surface area contributed by atoms with E-state index in [1.54, 1.807) is 13.0 Å². The highest BCUT2D eigenvalue weighted by Gasteiger charge is 2.17. The predicted octanol–water partition coefficient (Wildman–Crippen LogP) is 3.77. The molecule has 0 heterocycles. The molecule has 0 unspecified atom stereocenters. The molecular formula is C17H16Br2N2O4. The molecule has 25 heavy (non-hydrogen) atoms. The average molecular weight is 472 g/mol. The monoisotopic (exact) mass is 470 g/mol. The molecule has 0 atom stereocenters. The van der Waals surface area contributed by atoms with E-state index in [0.29, 0.717) is 21.3 Å². The summed E-state index contributed by atoms with van der Waals surface area (Å²) in [4.78, 5) is 11.8. The van der Waals surface area contributed by atoms with Crippen LogP contribution < -0.4 is 10.2 Å². The minimum Gasteiger partial charge on any atom is -0.506 e. The third kappa shape index (κ3) is 4.73. The van der Waals surface area contributed by atoms with Crippen LogP contribution >= 0.6 is 31.9 Å². The predicted molar refractivity (Wildman–Crippen MR) is 102 cm³/mol. The van der Waals surface area contributed by atoms with E-state index in [2.05, 4.69) is 42.4 Å². The third-order valence-electron chi connectivity index (χ3n) is 3.35. The minimum atomic E-state index is -0.438. The van der Waals surface area contributed by atoms with Crippen molar-refractivity contribution in [1.29, 1.82) is 0 Å². The van der Waals surface area contributed by atoms with Gasteiger partial charge in [0.2, 0.25) is 0 Å². The Labute approximate surface area is 161 Å². The fraction of sp³-hybridized carbons (Fsp3) is 0.176. The molecule has 3 N–H and O–H groups in total. The lowest BCUT2D eigenvalue weighted by molar-refractivity contribution is -0.123. The number of amides is 1. The van der Waals surface area contributed by atoms with Crippen molar-refractivity contribution in [3.8, 4) is 17.2 Å². The van der Waals surface area contributed by atoms with Crippen LogP contribution in [-0.2, 0) is 4.79 Å². The summed E-state index contributed by atoms with van der Waals surface area (Å²) in [5.74, 6) is -0.124. The number of hydrogen-bond donors (Lipinski definition) is 3. The molecule has 2 rings (SSSR count). The molecule has 8 heteroatoms. The highest BCUT2D eigenvalue weighted by molar-refractivity contribution is 9.11. The molecule has 2 aromatic rings. The maximum absolute atomic E-state index is 11.8. The Morgan fingerprint density at radius 3 is 2.64 bits per heavy atom. The van der Waals surface area contributed by atoms with Gasteiger partial charge in [-0.3, -0.25) is 4.79 Å². The van der Waals surface area contributed by atoms with E-state index in [1.807, 2.05) is 25.1 Å². The van der Waals surface area contributed by atoms with Gasteiger partial charge in [0.25, 0.3) is 5.91 Å². The van der Waals surface area contributed by atoms with Gasteiger partial charge in [0.1, 0.15) is 21.7 Å². The summed E-state index contributed by atoms with van der Waals surface area (Å²) < 4.78 is 5.93. The number of nitrogens with zero attached hydrogens (tertiary/aromatic N) is 1. The third-order valence-corrected chi connectivity index (χ3v) is 5.08. The van der Waals surface area contributed by atoms with Crippen LogP contribution in [0.2, 0.25) is 0 Å². The maximum Gasteiger partial charge on any atom is 0.277 e. The van der Waals surface area contributed by atoms with E-state index >= 15 is 0 Å². The average Bonchev–Trinajstić information content (AvgIpc) is 2.59. The van der Waals surface area contributed by atoms with Crippen molar-refractivity contribution in [2.24, 2.45) is 5.10 Å². The molecule has 6 nitrogen and oxygen atoms in total. The summed E-state index contributed by atoms with van der Waals surface area (Å²) in [6.07, 6.45) is 1.30. The van der Waals surface area contributed by atoms with Gasteiger partial charge in [-0.1, -0.05) is 12.1 Å². The fourth-order valence-corrected chi connectivity index (χ4v) is 3.10. The first kappa shape index (κ1) is 19.3. The molecule has 0 spiro atoms. The molecule has 0 bridgehead atoms. The van der Waals surface area contributed by atoms with E-state index < -0.39 is 5.91 Å². The smallest absolute Gasteiger partial charge is 0.277 e. The van der Waals surface area contributed by atoms with Crippen LogP contribution in [0.15, 0.2) is 38.3 Å². The normalized spacial score (nSPS) is 10.9. The number of rotatable bonds is 5. The molecule has 1 amide bonds. The number of phenolic OH excluding ortho intramolecular Hbond substituents is 2. The van der Waals surface area contributed by atoms with Crippen LogP contribution in [0.5, 0.6) is 17.2 Å². The number of carbonyl (C=O) groups excluding carboxylic acids is 1. The van der Waals surface area contributed by atoms with Crippen molar-refractivity contribution >= 4 is 44.0 Å². The van der Waals surface area contributed by atoms with Gasteiger partial charge in [-0.05, 0) is 69.0 Å². The Bertz CT molecular complexity index is 809. The van der Waals surface area contributed by atoms with Crippen molar-refractivity contribution in [2.45, 2.75) is 13.8 Å². The van der Waals surface area contributed by atoms with E-state index in [9.17, 15) is 15.0 Å².